The summed E-state index contributed by atoms with van der Waals surface area (Å²) in [7, 11) is 0. The molecule has 2 rings (SSSR count). The van der Waals surface area contributed by atoms with Gasteiger partial charge in [0.1, 0.15) is 0 Å². The smallest absolute Gasteiger partial charge is 0.222 e. The number of aliphatic imine (C=N–C) groups is 1. The Balaban J connectivity index is 1.64. The van der Waals surface area contributed by atoms with Gasteiger partial charge in [-0.1, -0.05) is 6.92 Å². The van der Waals surface area contributed by atoms with E-state index in [0.29, 0.717) is 11.8 Å². The standard InChI is InChI=1S/C18H35N5O/c1-3-19-18(20-9-7-13-23-12-6-8-17(23)24)21-14-16(2)15-22-10-4-5-11-22/h16H,3-15H2,1-2H3,(H2,19,20,21). The maximum Gasteiger partial charge on any atom is 0.222 e. The topological polar surface area (TPSA) is 60.0 Å². The van der Waals surface area contributed by atoms with Crippen LogP contribution in [0.25, 0.3) is 0 Å². The number of guanidine groups is 1. The molecular weight excluding hydrogens is 302 g/mol. The monoisotopic (exact) mass is 337 g/mol. The van der Waals surface area contributed by atoms with Gasteiger partial charge in [-0.3, -0.25) is 9.79 Å². The van der Waals surface area contributed by atoms with Crippen molar-refractivity contribution in [2.24, 2.45) is 10.9 Å². The third-order valence-electron chi connectivity index (χ3n) is 4.74. The van der Waals surface area contributed by atoms with Crippen molar-refractivity contribution in [1.82, 2.24) is 20.4 Å². The molecule has 2 aliphatic heterocycles. The number of nitrogens with zero attached hydrogens (tertiary/aromatic N) is 3. The lowest BCUT2D eigenvalue weighted by Crippen LogP contribution is -2.39. The van der Waals surface area contributed by atoms with Gasteiger partial charge < -0.3 is 20.4 Å². The Hall–Kier alpha value is -1.30. The van der Waals surface area contributed by atoms with E-state index in [-0.39, 0.29) is 0 Å². The molecule has 0 aromatic heterocycles. The number of nitrogens with one attached hydrogen (secondary N) is 2. The Labute approximate surface area is 147 Å². The van der Waals surface area contributed by atoms with E-state index >= 15 is 0 Å². The van der Waals surface area contributed by atoms with E-state index in [1.54, 1.807) is 0 Å². The molecule has 1 atom stereocenters. The Morgan fingerprint density at radius 2 is 2.00 bits per heavy atom. The zero-order valence-electron chi connectivity index (χ0n) is 15.5. The van der Waals surface area contributed by atoms with Crippen LogP contribution < -0.4 is 10.6 Å². The highest BCUT2D eigenvalue weighted by molar-refractivity contribution is 5.79. The summed E-state index contributed by atoms with van der Waals surface area (Å²) < 4.78 is 0. The van der Waals surface area contributed by atoms with Crippen LogP contribution in [0.2, 0.25) is 0 Å². The van der Waals surface area contributed by atoms with Gasteiger partial charge in [0.25, 0.3) is 0 Å². The van der Waals surface area contributed by atoms with Crippen molar-refractivity contribution in [2.45, 2.75) is 46.0 Å². The summed E-state index contributed by atoms with van der Waals surface area (Å²) >= 11 is 0. The maximum absolute atomic E-state index is 11.6. The van der Waals surface area contributed by atoms with Gasteiger partial charge in [-0.25, -0.2) is 0 Å². The van der Waals surface area contributed by atoms with E-state index in [1.165, 1.54) is 25.9 Å². The summed E-state index contributed by atoms with van der Waals surface area (Å²) in [5.74, 6) is 1.80. The molecule has 2 aliphatic rings. The number of carbonyl (C=O) groups is 1. The van der Waals surface area contributed by atoms with Crippen LogP contribution in [0.3, 0.4) is 0 Å². The van der Waals surface area contributed by atoms with E-state index in [9.17, 15) is 4.79 Å². The number of rotatable bonds is 9. The summed E-state index contributed by atoms with van der Waals surface area (Å²) in [6.45, 7) is 12.4. The summed E-state index contributed by atoms with van der Waals surface area (Å²) in [6.07, 6.45) is 5.41. The van der Waals surface area contributed by atoms with Crippen LogP contribution in [0.4, 0.5) is 0 Å². The third-order valence-corrected chi connectivity index (χ3v) is 4.74. The molecule has 24 heavy (non-hydrogen) atoms. The van der Waals surface area contributed by atoms with E-state index in [4.69, 9.17) is 4.99 Å². The minimum absolute atomic E-state index is 0.311. The van der Waals surface area contributed by atoms with E-state index in [0.717, 1.165) is 64.5 Å². The second-order valence-corrected chi connectivity index (χ2v) is 7.10. The first-order valence-electron chi connectivity index (χ1n) is 9.71. The highest BCUT2D eigenvalue weighted by atomic mass is 16.2. The van der Waals surface area contributed by atoms with Crippen molar-refractivity contribution in [1.29, 1.82) is 0 Å². The van der Waals surface area contributed by atoms with Gasteiger partial charge in [0.15, 0.2) is 5.96 Å². The van der Waals surface area contributed by atoms with E-state index in [2.05, 4.69) is 29.4 Å². The van der Waals surface area contributed by atoms with Crippen LogP contribution in [0.15, 0.2) is 4.99 Å². The minimum Gasteiger partial charge on any atom is -0.357 e. The lowest BCUT2D eigenvalue weighted by atomic mass is 10.2. The Kier molecular flexibility index (Phi) is 8.36. The average Bonchev–Trinajstić information content (AvgIpc) is 3.21. The second kappa shape index (κ2) is 10.5. The van der Waals surface area contributed by atoms with Crippen LogP contribution >= 0.6 is 0 Å². The Bertz CT molecular complexity index is 406. The van der Waals surface area contributed by atoms with Gasteiger partial charge >= 0.3 is 0 Å². The zero-order chi connectivity index (χ0) is 17.2. The highest BCUT2D eigenvalue weighted by Crippen LogP contribution is 2.10. The quantitative estimate of drug-likeness (QED) is 0.378. The van der Waals surface area contributed by atoms with E-state index in [1.807, 2.05) is 4.90 Å². The maximum atomic E-state index is 11.6. The normalized spacial score (nSPS) is 20.7. The fourth-order valence-corrected chi connectivity index (χ4v) is 3.47. The summed E-state index contributed by atoms with van der Waals surface area (Å²) in [5.41, 5.74) is 0. The minimum atomic E-state index is 0.311. The molecule has 2 saturated heterocycles. The fraction of sp³-hybridized carbons (Fsp3) is 0.889. The molecule has 0 bridgehead atoms. The molecule has 6 nitrogen and oxygen atoms in total. The fourth-order valence-electron chi connectivity index (χ4n) is 3.47. The molecule has 0 aromatic rings. The average molecular weight is 338 g/mol. The highest BCUT2D eigenvalue weighted by Gasteiger charge is 2.19. The molecular formula is C18H35N5O. The number of amides is 1. The molecule has 2 N–H and O–H groups in total. The first kappa shape index (κ1) is 19.0. The van der Waals surface area contributed by atoms with Gasteiger partial charge in [-0.05, 0) is 51.6 Å². The predicted molar refractivity (Wildman–Crippen MR) is 99.3 cm³/mol. The van der Waals surface area contributed by atoms with Crippen molar-refractivity contribution in [3.8, 4) is 0 Å². The number of hydrogen-bond donors (Lipinski definition) is 2. The predicted octanol–water partition coefficient (Wildman–Crippen LogP) is 1.29. The van der Waals surface area contributed by atoms with Gasteiger partial charge in [0.2, 0.25) is 5.91 Å². The molecule has 138 valence electrons. The van der Waals surface area contributed by atoms with Crippen molar-refractivity contribution in [3.63, 3.8) is 0 Å². The zero-order valence-corrected chi connectivity index (χ0v) is 15.5. The number of carbonyl (C=O) groups excluding carboxylic acids is 1. The lowest BCUT2D eigenvalue weighted by Gasteiger charge is -2.20. The van der Waals surface area contributed by atoms with Crippen molar-refractivity contribution >= 4 is 11.9 Å². The molecule has 2 heterocycles. The third kappa shape index (κ3) is 6.67. The summed E-state index contributed by atoms with van der Waals surface area (Å²) in [6, 6.07) is 0. The van der Waals surface area contributed by atoms with Gasteiger partial charge in [-0.2, -0.15) is 0 Å². The second-order valence-electron chi connectivity index (χ2n) is 7.10. The molecule has 1 amide bonds. The van der Waals surface area contributed by atoms with Crippen LogP contribution in [0.1, 0.15) is 46.0 Å². The van der Waals surface area contributed by atoms with Gasteiger partial charge in [-0.15, -0.1) is 0 Å². The molecule has 0 saturated carbocycles. The number of likely N-dealkylation sites (tertiary alicyclic amines) is 2. The summed E-state index contributed by atoms with van der Waals surface area (Å²) in [4.78, 5) is 20.8. The first-order chi connectivity index (χ1) is 11.7. The molecule has 0 radical (unpaired) electrons. The SMILES string of the molecule is CCNC(=NCC(C)CN1CCCC1)NCCCN1CCCC1=O. The Morgan fingerprint density at radius 1 is 1.21 bits per heavy atom. The lowest BCUT2D eigenvalue weighted by molar-refractivity contribution is -0.127. The van der Waals surface area contributed by atoms with Crippen LogP contribution in [0, 0.1) is 5.92 Å². The van der Waals surface area contributed by atoms with Crippen LogP contribution in [-0.4, -0.2) is 74.0 Å². The molecule has 0 aromatic carbocycles. The molecule has 6 heteroatoms. The number of hydrogen-bond acceptors (Lipinski definition) is 3. The van der Waals surface area contributed by atoms with Gasteiger partial charge in [0, 0.05) is 45.7 Å². The molecule has 0 aliphatic carbocycles. The molecule has 0 spiro atoms. The van der Waals surface area contributed by atoms with Gasteiger partial charge in [0.05, 0.1) is 0 Å². The largest absolute Gasteiger partial charge is 0.357 e. The van der Waals surface area contributed by atoms with Crippen LogP contribution in [0.5, 0.6) is 0 Å². The van der Waals surface area contributed by atoms with Crippen molar-refractivity contribution in [3.05, 3.63) is 0 Å². The summed E-state index contributed by atoms with van der Waals surface area (Å²) in [5, 5.41) is 6.71. The van der Waals surface area contributed by atoms with Crippen LogP contribution in [-0.2, 0) is 4.79 Å². The molecule has 2 fully saturated rings. The first-order valence-corrected chi connectivity index (χ1v) is 9.71. The van der Waals surface area contributed by atoms with E-state index < -0.39 is 0 Å². The van der Waals surface area contributed by atoms with Crippen molar-refractivity contribution in [2.75, 3.05) is 52.4 Å². The van der Waals surface area contributed by atoms with Crippen molar-refractivity contribution < 1.29 is 4.79 Å². The Morgan fingerprint density at radius 3 is 2.67 bits per heavy atom. The molecule has 1 unspecified atom stereocenters.